The van der Waals surface area contributed by atoms with Crippen molar-refractivity contribution in [3.8, 4) is 27.9 Å². The van der Waals surface area contributed by atoms with E-state index in [0.717, 1.165) is 21.8 Å². The van der Waals surface area contributed by atoms with Crippen LogP contribution in [0.15, 0.2) is 48.1 Å². The third kappa shape index (κ3) is 2.31. The lowest BCUT2D eigenvalue weighted by atomic mass is 10.1. The van der Waals surface area contributed by atoms with Crippen LogP contribution in [-0.4, -0.2) is 9.97 Å². The van der Waals surface area contributed by atoms with E-state index in [-0.39, 0.29) is 0 Å². The van der Waals surface area contributed by atoms with Gasteiger partial charge >= 0.3 is 0 Å². The van der Waals surface area contributed by atoms with Gasteiger partial charge in [0.1, 0.15) is 5.01 Å². The lowest BCUT2D eigenvalue weighted by Crippen LogP contribution is -1.84. The molecule has 0 aliphatic carbocycles. The van der Waals surface area contributed by atoms with Crippen LogP contribution in [0.1, 0.15) is 11.1 Å². The summed E-state index contributed by atoms with van der Waals surface area (Å²) in [5, 5.41) is 11.8. The highest BCUT2D eigenvalue weighted by Gasteiger charge is 2.08. The molecular formula is C16H11N3S. The van der Waals surface area contributed by atoms with Crippen molar-refractivity contribution in [1.29, 1.82) is 5.26 Å². The minimum atomic E-state index is 0.660. The van der Waals surface area contributed by atoms with E-state index in [1.165, 1.54) is 5.56 Å². The van der Waals surface area contributed by atoms with E-state index < -0.39 is 0 Å². The lowest BCUT2D eigenvalue weighted by Gasteiger charge is -2.00. The van der Waals surface area contributed by atoms with Crippen molar-refractivity contribution in [3.05, 3.63) is 59.2 Å². The second-order valence-corrected chi connectivity index (χ2v) is 5.28. The number of aromatic nitrogens is 2. The molecule has 1 aromatic carbocycles. The zero-order valence-corrected chi connectivity index (χ0v) is 11.7. The number of nitriles is 1. The van der Waals surface area contributed by atoms with Crippen molar-refractivity contribution in [2.45, 2.75) is 6.92 Å². The van der Waals surface area contributed by atoms with E-state index in [2.05, 4.69) is 23.0 Å². The summed E-state index contributed by atoms with van der Waals surface area (Å²) in [6.45, 7) is 2.06. The van der Waals surface area contributed by atoms with Crippen LogP contribution in [-0.2, 0) is 0 Å². The third-order valence-corrected chi connectivity index (χ3v) is 3.96. The highest BCUT2D eigenvalue weighted by molar-refractivity contribution is 7.13. The number of thiazole rings is 1. The second-order valence-electron chi connectivity index (χ2n) is 4.42. The van der Waals surface area contributed by atoms with E-state index in [1.807, 2.05) is 41.9 Å². The number of benzene rings is 1. The Hall–Kier alpha value is -2.51. The molecule has 3 rings (SSSR count). The van der Waals surface area contributed by atoms with Gasteiger partial charge in [-0.3, -0.25) is 4.98 Å². The summed E-state index contributed by atoms with van der Waals surface area (Å²) in [6.07, 6.45) is 3.63. The van der Waals surface area contributed by atoms with Crippen LogP contribution in [0.5, 0.6) is 0 Å². The molecule has 0 fully saturated rings. The largest absolute Gasteiger partial charge is 0.264 e. The Morgan fingerprint density at radius 1 is 1.15 bits per heavy atom. The maximum Gasteiger partial charge on any atom is 0.125 e. The van der Waals surface area contributed by atoms with Gasteiger partial charge in [0.25, 0.3) is 0 Å². The van der Waals surface area contributed by atoms with Gasteiger partial charge in [0, 0.05) is 28.9 Å². The summed E-state index contributed by atoms with van der Waals surface area (Å²) in [7, 11) is 0. The minimum absolute atomic E-state index is 0.660. The van der Waals surface area contributed by atoms with Crippen LogP contribution in [0.4, 0.5) is 0 Å². The van der Waals surface area contributed by atoms with Gasteiger partial charge in [0.15, 0.2) is 0 Å². The molecule has 0 saturated carbocycles. The quantitative estimate of drug-likeness (QED) is 0.710. The number of rotatable bonds is 2. The maximum atomic E-state index is 8.81. The monoisotopic (exact) mass is 277 g/mol. The Morgan fingerprint density at radius 2 is 1.95 bits per heavy atom. The van der Waals surface area contributed by atoms with Gasteiger partial charge in [-0.15, -0.1) is 11.3 Å². The van der Waals surface area contributed by atoms with Crippen molar-refractivity contribution in [1.82, 2.24) is 9.97 Å². The molecule has 0 aliphatic rings. The molecule has 2 aromatic heterocycles. The van der Waals surface area contributed by atoms with Gasteiger partial charge in [-0.2, -0.15) is 5.26 Å². The van der Waals surface area contributed by atoms with Crippen molar-refractivity contribution in [3.63, 3.8) is 0 Å². The highest BCUT2D eigenvalue weighted by atomic mass is 32.1. The van der Waals surface area contributed by atoms with Crippen LogP contribution in [0, 0.1) is 18.3 Å². The van der Waals surface area contributed by atoms with Crippen molar-refractivity contribution in [2.75, 3.05) is 0 Å². The predicted octanol–water partition coefficient (Wildman–Crippen LogP) is 4.05. The Morgan fingerprint density at radius 3 is 2.65 bits per heavy atom. The van der Waals surface area contributed by atoms with Crippen LogP contribution in [0.3, 0.4) is 0 Å². The second kappa shape index (κ2) is 5.24. The first-order chi connectivity index (χ1) is 9.78. The number of hydrogen-bond donors (Lipinski definition) is 0. The molecule has 0 spiro atoms. The molecule has 0 aliphatic heterocycles. The summed E-state index contributed by atoms with van der Waals surface area (Å²) in [6, 6.07) is 11.6. The lowest BCUT2D eigenvalue weighted by molar-refractivity contribution is 1.27. The first kappa shape index (κ1) is 12.5. The predicted molar refractivity (Wildman–Crippen MR) is 80.2 cm³/mol. The van der Waals surface area contributed by atoms with E-state index in [1.54, 1.807) is 17.5 Å². The zero-order chi connectivity index (χ0) is 13.9. The fourth-order valence-corrected chi connectivity index (χ4v) is 2.84. The molecule has 0 atom stereocenters. The number of aryl methyl sites for hydroxylation is 1. The molecule has 3 nitrogen and oxygen atoms in total. The van der Waals surface area contributed by atoms with Crippen LogP contribution >= 0.6 is 11.3 Å². The molecule has 96 valence electrons. The topological polar surface area (TPSA) is 49.6 Å². The summed E-state index contributed by atoms with van der Waals surface area (Å²) >= 11 is 1.61. The molecule has 0 unspecified atom stereocenters. The molecule has 4 heteroatoms. The van der Waals surface area contributed by atoms with Gasteiger partial charge in [0.05, 0.1) is 17.3 Å². The summed E-state index contributed by atoms with van der Waals surface area (Å²) in [5.41, 5.74) is 4.84. The SMILES string of the molecule is Cc1ccncc1-c1nc(-c2ccc(C#N)cc2)cs1. The van der Waals surface area contributed by atoms with Gasteiger partial charge in [-0.1, -0.05) is 12.1 Å². The first-order valence-corrected chi connectivity index (χ1v) is 7.03. The van der Waals surface area contributed by atoms with E-state index in [9.17, 15) is 0 Å². The molecule has 0 saturated heterocycles. The fraction of sp³-hybridized carbons (Fsp3) is 0.0625. The summed E-state index contributed by atoms with van der Waals surface area (Å²) in [4.78, 5) is 8.82. The van der Waals surface area contributed by atoms with Crippen molar-refractivity contribution >= 4 is 11.3 Å². The molecular weight excluding hydrogens is 266 g/mol. The van der Waals surface area contributed by atoms with Crippen LogP contribution in [0.2, 0.25) is 0 Å². The first-order valence-electron chi connectivity index (χ1n) is 6.15. The fourth-order valence-electron chi connectivity index (χ4n) is 1.93. The van der Waals surface area contributed by atoms with Gasteiger partial charge in [0.2, 0.25) is 0 Å². The Balaban J connectivity index is 1.98. The molecule has 0 amide bonds. The third-order valence-electron chi connectivity index (χ3n) is 3.08. The van der Waals surface area contributed by atoms with Gasteiger partial charge in [-0.05, 0) is 30.7 Å². The van der Waals surface area contributed by atoms with Crippen LogP contribution < -0.4 is 0 Å². The normalized spacial score (nSPS) is 10.2. The van der Waals surface area contributed by atoms with Crippen LogP contribution in [0.25, 0.3) is 21.8 Å². The molecule has 3 aromatic rings. The zero-order valence-electron chi connectivity index (χ0n) is 10.9. The van der Waals surface area contributed by atoms with Gasteiger partial charge < -0.3 is 0 Å². The van der Waals surface area contributed by atoms with Crippen molar-refractivity contribution < 1.29 is 0 Å². The van der Waals surface area contributed by atoms with E-state index >= 15 is 0 Å². The average molecular weight is 277 g/mol. The number of hydrogen-bond acceptors (Lipinski definition) is 4. The number of nitrogens with zero attached hydrogens (tertiary/aromatic N) is 3. The summed E-state index contributed by atoms with van der Waals surface area (Å²) in [5.74, 6) is 0. The van der Waals surface area contributed by atoms with Gasteiger partial charge in [-0.25, -0.2) is 4.98 Å². The molecule has 2 heterocycles. The molecule has 0 radical (unpaired) electrons. The van der Waals surface area contributed by atoms with Crippen molar-refractivity contribution in [2.24, 2.45) is 0 Å². The molecule has 0 bridgehead atoms. The van der Waals surface area contributed by atoms with E-state index in [4.69, 9.17) is 5.26 Å². The minimum Gasteiger partial charge on any atom is -0.264 e. The smallest absolute Gasteiger partial charge is 0.125 e. The average Bonchev–Trinajstić information content (AvgIpc) is 2.97. The van der Waals surface area contributed by atoms with E-state index in [0.29, 0.717) is 5.56 Å². The number of pyridine rings is 1. The standard InChI is InChI=1S/C16H11N3S/c1-11-6-7-18-9-14(11)16-19-15(10-20-16)13-4-2-12(8-17)3-5-13/h2-7,9-10H,1H3. The Kier molecular flexibility index (Phi) is 3.28. The highest BCUT2D eigenvalue weighted by Crippen LogP contribution is 2.30. The molecule has 20 heavy (non-hydrogen) atoms. The Labute approximate surface area is 121 Å². The molecule has 0 N–H and O–H groups in total. The maximum absolute atomic E-state index is 8.81. The Bertz CT molecular complexity index is 782. The summed E-state index contributed by atoms with van der Waals surface area (Å²) < 4.78 is 0.